The van der Waals surface area contributed by atoms with Gasteiger partial charge >= 0.3 is 0 Å². The Bertz CT molecular complexity index is 764. The van der Waals surface area contributed by atoms with E-state index in [1.165, 1.54) is 6.07 Å². The Morgan fingerprint density at radius 2 is 2.05 bits per heavy atom. The molecule has 0 saturated carbocycles. The molecular formula is C16H15FN2O. The van der Waals surface area contributed by atoms with Gasteiger partial charge in [-0.3, -0.25) is 0 Å². The van der Waals surface area contributed by atoms with Crippen LogP contribution in [0.25, 0.3) is 10.9 Å². The van der Waals surface area contributed by atoms with E-state index in [4.69, 9.17) is 10.5 Å². The number of aromatic nitrogens is 1. The zero-order valence-electron chi connectivity index (χ0n) is 11.1. The van der Waals surface area contributed by atoms with Crippen LogP contribution in [-0.2, 0) is 6.54 Å². The standard InChI is InChI=1S/C16H15FN2O/c1-20-16-9-12(18)6-5-11(16)10-19-8-7-13-14(17)3-2-4-15(13)19/h2-9H,10,18H2,1H3. The van der Waals surface area contributed by atoms with Crippen LogP contribution in [0.3, 0.4) is 0 Å². The summed E-state index contributed by atoms with van der Waals surface area (Å²) in [6, 6.07) is 12.4. The molecule has 3 aromatic rings. The van der Waals surface area contributed by atoms with Crippen LogP contribution >= 0.6 is 0 Å². The number of anilines is 1. The van der Waals surface area contributed by atoms with Gasteiger partial charge in [0.15, 0.2) is 0 Å². The number of hydrogen-bond donors (Lipinski definition) is 1. The molecule has 0 radical (unpaired) electrons. The van der Waals surface area contributed by atoms with Gasteiger partial charge in [-0.2, -0.15) is 0 Å². The highest BCUT2D eigenvalue weighted by Crippen LogP contribution is 2.25. The average Bonchev–Trinajstić information content (AvgIpc) is 2.85. The van der Waals surface area contributed by atoms with Crippen molar-refractivity contribution in [2.45, 2.75) is 6.54 Å². The van der Waals surface area contributed by atoms with Crippen LogP contribution in [-0.4, -0.2) is 11.7 Å². The van der Waals surface area contributed by atoms with E-state index in [2.05, 4.69) is 0 Å². The van der Waals surface area contributed by atoms with Gasteiger partial charge in [-0.1, -0.05) is 12.1 Å². The second-order valence-electron chi connectivity index (χ2n) is 4.69. The van der Waals surface area contributed by atoms with E-state index in [0.717, 1.165) is 16.8 Å². The number of nitrogens with zero attached hydrogens (tertiary/aromatic N) is 1. The van der Waals surface area contributed by atoms with E-state index in [-0.39, 0.29) is 5.82 Å². The van der Waals surface area contributed by atoms with E-state index in [0.29, 0.717) is 17.6 Å². The SMILES string of the molecule is COc1cc(N)ccc1Cn1ccc2c(F)cccc21. The van der Waals surface area contributed by atoms with Crippen molar-refractivity contribution in [3.63, 3.8) is 0 Å². The summed E-state index contributed by atoms with van der Waals surface area (Å²) < 4.78 is 21.0. The highest BCUT2D eigenvalue weighted by Gasteiger charge is 2.08. The fourth-order valence-corrected chi connectivity index (χ4v) is 2.40. The zero-order valence-corrected chi connectivity index (χ0v) is 11.1. The summed E-state index contributed by atoms with van der Waals surface area (Å²) in [6.45, 7) is 0.608. The molecule has 20 heavy (non-hydrogen) atoms. The predicted molar refractivity (Wildman–Crippen MR) is 78.4 cm³/mol. The Morgan fingerprint density at radius 1 is 1.20 bits per heavy atom. The minimum absolute atomic E-state index is 0.203. The van der Waals surface area contributed by atoms with Crippen molar-refractivity contribution >= 4 is 16.6 Å². The minimum Gasteiger partial charge on any atom is -0.496 e. The summed E-state index contributed by atoms with van der Waals surface area (Å²) in [5.74, 6) is 0.536. The summed E-state index contributed by atoms with van der Waals surface area (Å²) >= 11 is 0. The lowest BCUT2D eigenvalue weighted by molar-refractivity contribution is 0.409. The van der Waals surface area contributed by atoms with Gasteiger partial charge in [-0.15, -0.1) is 0 Å². The normalized spacial score (nSPS) is 10.9. The van der Waals surface area contributed by atoms with Crippen LogP contribution in [0.5, 0.6) is 5.75 Å². The van der Waals surface area contributed by atoms with Gasteiger partial charge in [0.05, 0.1) is 19.2 Å². The van der Waals surface area contributed by atoms with Gasteiger partial charge in [-0.05, 0) is 24.3 Å². The molecule has 0 spiro atoms. The predicted octanol–water partition coefficient (Wildman–Crippen LogP) is 3.42. The van der Waals surface area contributed by atoms with E-state index in [1.54, 1.807) is 25.3 Å². The molecule has 2 aromatic carbocycles. The van der Waals surface area contributed by atoms with Crippen molar-refractivity contribution < 1.29 is 9.13 Å². The Kier molecular flexibility index (Phi) is 3.06. The smallest absolute Gasteiger partial charge is 0.132 e. The summed E-state index contributed by atoms with van der Waals surface area (Å²) in [7, 11) is 1.62. The Balaban J connectivity index is 2.04. The molecular weight excluding hydrogens is 255 g/mol. The van der Waals surface area contributed by atoms with Gasteiger partial charge in [0, 0.05) is 28.9 Å². The number of nitrogen functional groups attached to an aromatic ring is 1. The second-order valence-corrected chi connectivity index (χ2v) is 4.69. The van der Waals surface area contributed by atoms with Crippen molar-refractivity contribution in [2.75, 3.05) is 12.8 Å². The van der Waals surface area contributed by atoms with Crippen molar-refractivity contribution in [2.24, 2.45) is 0 Å². The lowest BCUT2D eigenvalue weighted by Crippen LogP contribution is -2.01. The molecule has 2 N–H and O–H groups in total. The van der Waals surface area contributed by atoms with Crippen LogP contribution in [0.4, 0.5) is 10.1 Å². The highest BCUT2D eigenvalue weighted by molar-refractivity contribution is 5.80. The van der Waals surface area contributed by atoms with Gasteiger partial charge in [-0.25, -0.2) is 4.39 Å². The van der Waals surface area contributed by atoms with Crippen LogP contribution < -0.4 is 10.5 Å². The number of ether oxygens (including phenoxy) is 1. The van der Waals surface area contributed by atoms with Crippen LogP contribution in [0.15, 0.2) is 48.7 Å². The fourth-order valence-electron chi connectivity index (χ4n) is 2.40. The molecule has 1 heterocycles. The topological polar surface area (TPSA) is 40.2 Å². The maximum Gasteiger partial charge on any atom is 0.132 e. The maximum atomic E-state index is 13.7. The van der Waals surface area contributed by atoms with Crippen LogP contribution in [0, 0.1) is 5.82 Å². The summed E-state index contributed by atoms with van der Waals surface area (Å²) in [6.07, 6.45) is 1.88. The third-order valence-corrected chi connectivity index (χ3v) is 3.41. The monoisotopic (exact) mass is 270 g/mol. The Labute approximate surface area is 116 Å². The van der Waals surface area contributed by atoms with Crippen molar-refractivity contribution in [3.8, 4) is 5.75 Å². The second kappa shape index (κ2) is 4.89. The third-order valence-electron chi connectivity index (χ3n) is 3.41. The maximum absolute atomic E-state index is 13.7. The Morgan fingerprint density at radius 3 is 2.85 bits per heavy atom. The molecule has 0 saturated heterocycles. The molecule has 0 aliphatic rings. The van der Waals surface area contributed by atoms with Gasteiger partial charge < -0.3 is 15.0 Å². The average molecular weight is 270 g/mol. The molecule has 0 amide bonds. The molecule has 4 heteroatoms. The summed E-state index contributed by atoms with van der Waals surface area (Å²) in [4.78, 5) is 0. The lowest BCUT2D eigenvalue weighted by atomic mass is 10.1. The largest absolute Gasteiger partial charge is 0.496 e. The molecule has 3 rings (SSSR count). The molecule has 0 bridgehead atoms. The van der Waals surface area contributed by atoms with Crippen molar-refractivity contribution in [1.29, 1.82) is 0 Å². The highest BCUT2D eigenvalue weighted by atomic mass is 19.1. The lowest BCUT2D eigenvalue weighted by Gasteiger charge is -2.11. The van der Waals surface area contributed by atoms with Gasteiger partial charge in [0.2, 0.25) is 0 Å². The van der Waals surface area contributed by atoms with Gasteiger partial charge in [0.25, 0.3) is 0 Å². The first-order valence-electron chi connectivity index (χ1n) is 6.35. The number of nitrogens with two attached hydrogens (primary N) is 1. The first kappa shape index (κ1) is 12.5. The first-order chi connectivity index (χ1) is 9.69. The number of rotatable bonds is 3. The number of halogens is 1. The van der Waals surface area contributed by atoms with Gasteiger partial charge in [0.1, 0.15) is 11.6 Å². The van der Waals surface area contributed by atoms with Crippen molar-refractivity contribution in [3.05, 3.63) is 60.0 Å². The van der Waals surface area contributed by atoms with E-state index >= 15 is 0 Å². The summed E-state index contributed by atoms with van der Waals surface area (Å²) in [5, 5.41) is 0.627. The molecule has 0 fully saturated rings. The van der Waals surface area contributed by atoms with E-state index in [1.807, 2.05) is 29.0 Å². The number of fused-ring (bicyclic) bond motifs is 1. The number of benzene rings is 2. The van der Waals surface area contributed by atoms with E-state index < -0.39 is 0 Å². The van der Waals surface area contributed by atoms with Crippen LogP contribution in [0.1, 0.15) is 5.56 Å². The molecule has 102 valence electrons. The van der Waals surface area contributed by atoms with Crippen LogP contribution in [0.2, 0.25) is 0 Å². The molecule has 1 aromatic heterocycles. The molecule has 0 unspecified atom stereocenters. The number of hydrogen-bond acceptors (Lipinski definition) is 2. The Hall–Kier alpha value is -2.49. The minimum atomic E-state index is -0.203. The van der Waals surface area contributed by atoms with E-state index in [9.17, 15) is 4.39 Å². The molecule has 0 aliphatic heterocycles. The zero-order chi connectivity index (χ0) is 14.1. The fraction of sp³-hybridized carbons (Fsp3) is 0.125. The molecule has 0 atom stereocenters. The van der Waals surface area contributed by atoms with Crippen molar-refractivity contribution in [1.82, 2.24) is 4.57 Å². The summed E-state index contributed by atoms with van der Waals surface area (Å²) in [5.41, 5.74) is 8.28. The molecule has 0 aliphatic carbocycles. The quantitative estimate of drug-likeness (QED) is 0.741. The first-order valence-corrected chi connectivity index (χ1v) is 6.35. The number of methoxy groups -OCH3 is 1. The molecule has 3 nitrogen and oxygen atoms in total. The third kappa shape index (κ3) is 2.09.